The van der Waals surface area contributed by atoms with Gasteiger partial charge in [-0.25, -0.2) is 0 Å². The fourth-order valence-corrected chi connectivity index (χ4v) is 10.3. The van der Waals surface area contributed by atoms with Crippen molar-refractivity contribution in [3.05, 3.63) is 200 Å². The van der Waals surface area contributed by atoms with Gasteiger partial charge in [0.2, 0.25) is 0 Å². The number of nitrogens with zero attached hydrogens (tertiary/aromatic N) is 2. The first kappa shape index (κ1) is 30.9. The molecule has 0 fully saturated rings. The normalized spacial score (nSPS) is 13.2. The molecule has 11 aromatic carbocycles. The molecule has 11 aromatic rings. The average molecular weight is 721 g/mol. The van der Waals surface area contributed by atoms with Crippen molar-refractivity contribution in [3.8, 4) is 11.1 Å². The second-order valence-corrected chi connectivity index (χ2v) is 15.6. The molecule has 0 radical (unpaired) electrons. The largest absolute Gasteiger partial charge is 0.311 e. The van der Waals surface area contributed by atoms with Crippen LogP contribution in [0.25, 0.3) is 65.0 Å². The summed E-state index contributed by atoms with van der Waals surface area (Å²) < 4.78 is 0. The molecule has 2 heterocycles. The summed E-state index contributed by atoms with van der Waals surface area (Å²) in [5, 5.41) is 12.9. The Morgan fingerprint density at radius 1 is 0.281 bits per heavy atom. The van der Waals surface area contributed by atoms with E-state index in [9.17, 15) is 0 Å². The molecule has 13 rings (SSSR count). The number of hydrogen-bond acceptors (Lipinski definition) is 2. The Morgan fingerprint density at radius 2 is 0.684 bits per heavy atom. The minimum Gasteiger partial charge on any atom is -0.311 e. The van der Waals surface area contributed by atoms with Gasteiger partial charge in [0, 0.05) is 34.1 Å². The molecule has 0 saturated carbocycles. The maximum Gasteiger partial charge on any atom is 0.253 e. The van der Waals surface area contributed by atoms with E-state index in [2.05, 4.69) is 210 Å². The first-order valence-electron chi connectivity index (χ1n) is 19.9. The van der Waals surface area contributed by atoms with Crippen molar-refractivity contribution in [2.24, 2.45) is 0 Å². The lowest BCUT2D eigenvalue weighted by molar-refractivity contribution is 1.26. The zero-order valence-corrected chi connectivity index (χ0v) is 31.0. The van der Waals surface area contributed by atoms with Crippen LogP contribution in [-0.4, -0.2) is 6.71 Å². The molecule has 2 aliphatic rings. The van der Waals surface area contributed by atoms with Crippen LogP contribution in [-0.2, 0) is 0 Å². The third-order valence-corrected chi connectivity index (χ3v) is 12.7. The van der Waals surface area contributed by atoms with Crippen LogP contribution in [0, 0.1) is 0 Å². The van der Waals surface area contributed by atoms with Gasteiger partial charge in [-0.15, -0.1) is 0 Å². The van der Waals surface area contributed by atoms with Crippen molar-refractivity contribution in [2.75, 3.05) is 9.80 Å². The topological polar surface area (TPSA) is 6.48 Å². The summed E-state index contributed by atoms with van der Waals surface area (Å²) in [6.07, 6.45) is 0. The van der Waals surface area contributed by atoms with Crippen molar-refractivity contribution < 1.29 is 0 Å². The SMILES string of the molecule is c1ccc(N2c3cc(-c4cc5ccc6cccc7ccc(c4)c5c67)cc4c3B(c3c2ccc2ccccc32)c2c(ccc3ccccc23)N4c2ccccc2)cc1. The van der Waals surface area contributed by atoms with Gasteiger partial charge >= 0.3 is 0 Å². The van der Waals surface area contributed by atoms with Gasteiger partial charge in [-0.2, -0.15) is 0 Å². The summed E-state index contributed by atoms with van der Waals surface area (Å²) in [6, 6.07) is 74.7. The van der Waals surface area contributed by atoms with Gasteiger partial charge in [-0.3, -0.25) is 0 Å². The predicted molar refractivity (Wildman–Crippen MR) is 245 cm³/mol. The Morgan fingerprint density at radius 3 is 1.21 bits per heavy atom. The smallest absolute Gasteiger partial charge is 0.253 e. The summed E-state index contributed by atoms with van der Waals surface area (Å²) in [7, 11) is 0. The highest BCUT2D eigenvalue weighted by molar-refractivity contribution is 7.03. The molecular weight excluding hydrogens is 687 g/mol. The van der Waals surface area contributed by atoms with Crippen LogP contribution in [0.1, 0.15) is 0 Å². The molecule has 0 saturated heterocycles. The van der Waals surface area contributed by atoms with Gasteiger partial charge < -0.3 is 9.80 Å². The highest BCUT2D eigenvalue weighted by Crippen LogP contribution is 2.48. The molecular formula is C54H33BN2. The first-order valence-corrected chi connectivity index (χ1v) is 19.9. The highest BCUT2D eigenvalue weighted by Gasteiger charge is 2.45. The van der Waals surface area contributed by atoms with E-state index in [0.29, 0.717) is 0 Å². The molecule has 0 aliphatic carbocycles. The molecule has 262 valence electrons. The summed E-state index contributed by atoms with van der Waals surface area (Å²) in [4.78, 5) is 5.06. The lowest BCUT2D eigenvalue weighted by atomic mass is 9.32. The number of benzene rings is 11. The molecule has 0 N–H and O–H groups in total. The summed E-state index contributed by atoms with van der Waals surface area (Å²) in [6.45, 7) is -0.00310. The van der Waals surface area contributed by atoms with Gasteiger partial charge in [0.25, 0.3) is 6.71 Å². The molecule has 0 unspecified atom stereocenters. The Hall–Kier alpha value is -7.36. The second kappa shape index (κ2) is 11.6. The van der Waals surface area contributed by atoms with Gasteiger partial charge in [0.1, 0.15) is 0 Å². The molecule has 2 nitrogen and oxygen atoms in total. The standard InChI is InChI=1S/C54H33BN2/c1-3-16-42(17-4-1)56-46-28-26-34-12-7-9-20-44(34)52(46)55-53-45-21-10-8-13-35(45)27-29-47(53)57(43-18-5-2-6-19-43)49-33-41(32-48(56)54(49)55)40-30-38-24-22-36-14-11-15-37-23-25-39(31-40)51(38)50(36)37/h1-33H. The fourth-order valence-electron chi connectivity index (χ4n) is 10.3. The average Bonchev–Trinajstić information content (AvgIpc) is 3.28. The maximum absolute atomic E-state index is 2.53. The second-order valence-electron chi connectivity index (χ2n) is 15.6. The highest BCUT2D eigenvalue weighted by atomic mass is 15.2. The van der Waals surface area contributed by atoms with E-state index in [1.807, 2.05) is 0 Å². The zero-order chi connectivity index (χ0) is 37.2. The first-order chi connectivity index (χ1) is 28.3. The van der Waals surface area contributed by atoms with Crippen LogP contribution in [0.15, 0.2) is 200 Å². The van der Waals surface area contributed by atoms with Crippen molar-refractivity contribution >= 4 is 111 Å². The van der Waals surface area contributed by atoms with Crippen LogP contribution >= 0.6 is 0 Å². The Balaban J connectivity index is 1.19. The van der Waals surface area contributed by atoms with Crippen LogP contribution in [0.2, 0.25) is 0 Å². The number of rotatable bonds is 3. The van der Waals surface area contributed by atoms with Gasteiger partial charge in [0.15, 0.2) is 0 Å². The fraction of sp³-hybridized carbons (Fsp3) is 0. The summed E-state index contributed by atoms with van der Waals surface area (Å²) in [5.74, 6) is 0. The monoisotopic (exact) mass is 720 g/mol. The number of anilines is 6. The number of hydrogen-bond donors (Lipinski definition) is 0. The van der Waals surface area contributed by atoms with E-state index >= 15 is 0 Å². The minimum atomic E-state index is -0.00310. The Labute approximate surface area is 330 Å². The van der Waals surface area contributed by atoms with Gasteiger partial charge in [-0.05, 0) is 142 Å². The van der Waals surface area contributed by atoms with Crippen molar-refractivity contribution in [1.82, 2.24) is 0 Å². The minimum absolute atomic E-state index is 0.00310. The summed E-state index contributed by atoms with van der Waals surface area (Å²) >= 11 is 0. The molecule has 0 aromatic heterocycles. The third-order valence-electron chi connectivity index (χ3n) is 12.7. The van der Waals surface area contributed by atoms with E-state index in [4.69, 9.17) is 0 Å². The third kappa shape index (κ3) is 4.31. The molecule has 0 spiro atoms. The molecule has 57 heavy (non-hydrogen) atoms. The zero-order valence-electron chi connectivity index (χ0n) is 31.0. The van der Waals surface area contributed by atoms with Crippen LogP contribution in [0.4, 0.5) is 34.1 Å². The van der Waals surface area contributed by atoms with E-state index in [1.54, 1.807) is 0 Å². The van der Waals surface area contributed by atoms with Crippen molar-refractivity contribution in [3.63, 3.8) is 0 Å². The van der Waals surface area contributed by atoms with E-state index in [1.165, 1.54) is 104 Å². The van der Waals surface area contributed by atoms with Crippen LogP contribution in [0.5, 0.6) is 0 Å². The van der Waals surface area contributed by atoms with E-state index in [0.717, 1.165) is 11.4 Å². The van der Waals surface area contributed by atoms with Crippen LogP contribution < -0.4 is 26.2 Å². The number of para-hydroxylation sites is 2. The predicted octanol–water partition coefficient (Wildman–Crippen LogP) is 12.6. The van der Waals surface area contributed by atoms with Gasteiger partial charge in [0.05, 0.1) is 0 Å². The molecule has 0 atom stereocenters. The number of fused-ring (bicyclic) bond motifs is 8. The maximum atomic E-state index is 2.53. The molecule has 3 heteroatoms. The molecule has 2 aliphatic heterocycles. The van der Waals surface area contributed by atoms with E-state index < -0.39 is 0 Å². The molecule has 0 amide bonds. The lowest BCUT2D eigenvalue weighted by Crippen LogP contribution is -2.61. The lowest BCUT2D eigenvalue weighted by Gasteiger charge is -2.45. The molecule has 0 bridgehead atoms. The Bertz CT molecular complexity index is 3210. The van der Waals surface area contributed by atoms with E-state index in [-0.39, 0.29) is 6.71 Å². The summed E-state index contributed by atoms with van der Waals surface area (Å²) in [5.41, 5.74) is 13.6. The van der Waals surface area contributed by atoms with Gasteiger partial charge in [-0.1, -0.05) is 140 Å². The Kier molecular flexibility index (Phi) is 6.28. The van der Waals surface area contributed by atoms with Crippen LogP contribution in [0.3, 0.4) is 0 Å². The quantitative estimate of drug-likeness (QED) is 0.132. The van der Waals surface area contributed by atoms with Crippen molar-refractivity contribution in [1.29, 1.82) is 0 Å². The van der Waals surface area contributed by atoms with Crippen molar-refractivity contribution in [2.45, 2.75) is 0 Å².